The zero-order valence-electron chi connectivity index (χ0n) is 9.23. The van der Waals surface area contributed by atoms with E-state index in [0.29, 0.717) is 12.4 Å². The van der Waals surface area contributed by atoms with E-state index in [1.165, 1.54) is 6.08 Å². The average molecular weight is 233 g/mol. The Morgan fingerprint density at radius 1 is 1.41 bits per heavy atom. The Morgan fingerprint density at radius 2 is 2.24 bits per heavy atom. The third-order valence-electron chi connectivity index (χ3n) is 2.11. The van der Waals surface area contributed by atoms with Gasteiger partial charge in [-0.3, -0.25) is 10.1 Å². The lowest BCUT2D eigenvalue weighted by atomic mass is 10.2. The third-order valence-corrected chi connectivity index (χ3v) is 2.11. The van der Waals surface area contributed by atoms with Crippen LogP contribution in [0.2, 0.25) is 0 Å². The topological polar surface area (TPSA) is 64.6 Å². The molecule has 0 aliphatic carbocycles. The number of carbonyl (C=O) groups is 2. The van der Waals surface area contributed by atoms with Crippen molar-refractivity contribution in [3.8, 4) is 5.75 Å². The molecule has 0 saturated carbocycles. The van der Waals surface area contributed by atoms with Gasteiger partial charge in [-0.05, 0) is 30.7 Å². The van der Waals surface area contributed by atoms with Gasteiger partial charge >= 0.3 is 6.09 Å². The molecule has 2 rings (SSSR count). The van der Waals surface area contributed by atoms with E-state index >= 15 is 0 Å². The normalized spacial score (nSPS) is 16.9. The summed E-state index contributed by atoms with van der Waals surface area (Å²) in [6.45, 7) is 2.45. The van der Waals surface area contributed by atoms with Crippen LogP contribution < -0.4 is 10.1 Å². The van der Waals surface area contributed by atoms with Crippen LogP contribution in [0, 0.1) is 0 Å². The summed E-state index contributed by atoms with van der Waals surface area (Å²) < 4.78 is 10.0. The molecule has 1 aromatic carbocycles. The maximum atomic E-state index is 11.2. The highest BCUT2D eigenvalue weighted by atomic mass is 16.6. The predicted molar refractivity (Wildman–Crippen MR) is 60.2 cm³/mol. The Kier molecular flexibility index (Phi) is 3.09. The van der Waals surface area contributed by atoms with Crippen LogP contribution in [-0.4, -0.2) is 18.6 Å². The zero-order chi connectivity index (χ0) is 12.3. The molecule has 88 valence electrons. The number of alkyl carbamates (subject to hydrolysis) is 1. The van der Waals surface area contributed by atoms with Crippen LogP contribution in [0.5, 0.6) is 5.75 Å². The Hall–Kier alpha value is -2.30. The summed E-state index contributed by atoms with van der Waals surface area (Å²) in [5, 5.41) is 2.03. The predicted octanol–water partition coefficient (Wildman–Crippen LogP) is 1.69. The van der Waals surface area contributed by atoms with Crippen LogP contribution in [0.25, 0.3) is 6.08 Å². The van der Waals surface area contributed by atoms with Crippen LogP contribution in [-0.2, 0) is 9.53 Å². The fourth-order valence-electron chi connectivity index (χ4n) is 1.43. The number of carbonyl (C=O) groups excluding carboxylic acids is 2. The lowest BCUT2D eigenvalue weighted by Gasteiger charge is -2.03. The number of imide groups is 1. The SMILES string of the molecule is CCOc1cccc(/C=C2/OC(=O)NC2=O)c1. The van der Waals surface area contributed by atoms with Gasteiger partial charge in [0.05, 0.1) is 6.61 Å². The molecule has 1 aliphatic rings. The van der Waals surface area contributed by atoms with E-state index in [4.69, 9.17) is 9.47 Å². The minimum Gasteiger partial charge on any atom is -0.494 e. The molecule has 17 heavy (non-hydrogen) atoms. The van der Waals surface area contributed by atoms with E-state index in [1.54, 1.807) is 18.2 Å². The van der Waals surface area contributed by atoms with Crippen LogP contribution >= 0.6 is 0 Å². The standard InChI is InChI=1S/C12H11NO4/c1-2-16-9-5-3-4-8(6-9)7-10-11(14)13-12(15)17-10/h3-7H,2H2,1H3,(H,13,14,15)/b10-7+. The highest BCUT2D eigenvalue weighted by Crippen LogP contribution is 2.17. The van der Waals surface area contributed by atoms with Gasteiger partial charge in [0, 0.05) is 0 Å². The van der Waals surface area contributed by atoms with Gasteiger partial charge in [0.15, 0.2) is 5.76 Å². The number of ether oxygens (including phenoxy) is 2. The zero-order valence-corrected chi connectivity index (χ0v) is 9.23. The highest BCUT2D eigenvalue weighted by molar-refractivity contribution is 6.09. The first-order valence-corrected chi connectivity index (χ1v) is 5.17. The number of hydrogen-bond acceptors (Lipinski definition) is 4. The van der Waals surface area contributed by atoms with Crippen molar-refractivity contribution >= 4 is 18.1 Å². The fraction of sp³-hybridized carbons (Fsp3) is 0.167. The van der Waals surface area contributed by atoms with E-state index in [1.807, 2.05) is 18.3 Å². The van der Waals surface area contributed by atoms with E-state index in [-0.39, 0.29) is 5.76 Å². The first-order valence-electron chi connectivity index (χ1n) is 5.17. The second-order valence-corrected chi connectivity index (χ2v) is 3.36. The Morgan fingerprint density at radius 3 is 2.88 bits per heavy atom. The van der Waals surface area contributed by atoms with Crippen molar-refractivity contribution in [3.63, 3.8) is 0 Å². The van der Waals surface area contributed by atoms with Crippen LogP contribution in [0.4, 0.5) is 4.79 Å². The monoisotopic (exact) mass is 233 g/mol. The molecular weight excluding hydrogens is 222 g/mol. The average Bonchev–Trinajstić information content (AvgIpc) is 2.58. The first kappa shape index (κ1) is 11.2. The van der Waals surface area contributed by atoms with Crippen molar-refractivity contribution in [2.45, 2.75) is 6.92 Å². The number of hydrogen-bond donors (Lipinski definition) is 1. The molecule has 1 N–H and O–H groups in total. The molecule has 0 unspecified atom stereocenters. The molecule has 1 fully saturated rings. The molecule has 1 aromatic rings. The van der Waals surface area contributed by atoms with Crippen LogP contribution in [0.1, 0.15) is 12.5 Å². The number of nitrogens with one attached hydrogen (secondary N) is 1. The van der Waals surface area contributed by atoms with Crippen molar-refractivity contribution in [2.24, 2.45) is 0 Å². The Balaban J connectivity index is 2.23. The maximum Gasteiger partial charge on any atom is 0.419 e. The molecule has 2 amide bonds. The van der Waals surface area contributed by atoms with E-state index in [0.717, 1.165) is 5.56 Å². The molecule has 1 saturated heterocycles. The molecular formula is C12H11NO4. The molecule has 0 spiro atoms. The van der Waals surface area contributed by atoms with Crippen molar-refractivity contribution in [1.82, 2.24) is 5.32 Å². The molecule has 0 aromatic heterocycles. The van der Waals surface area contributed by atoms with Gasteiger partial charge in [-0.1, -0.05) is 12.1 Å². The summed E-state index contributed by atoms with van der Waals surface area (Å²) in [5.74, 6) is 0.159. The minimum atomic E-state index is -0.748. The second kappa shape index (κ2) is 4.69. The largest absolute Gasteiger partial charge is 0.494 e. The summed E-state index contributed by atoms with van der Waals surface area (Å²) in [5.41, 5.74) is 0.732. The summed E-state index contributed by atoms with van der Waals surface area (Å²) in [4.78, 5) is 22.0. The van der Waals surface area contributed by atoms with Gasteiger partial charge in [-0.2, -0.15) is 0 Å². The number of cyclic esters (lactones) is 1. The molecule has 1 aliphatic heterocycles. The smallest absolute Gasteiger partial charge is 0.419 e. The third kappa shape index (κ3) is 2.63. The molecule has 0 atom stereocenters. The molecule has 5 heteroatoms. The van der Waals surface area contributed by atoms with E-state index in [9.17, 15) is 9.59 Å². The van der Waals surface area contributed by atoms with Gasteiger partial charge in [0.25, 0.3) is 5.91 Å². The first-order chi connectivity index (χ1) is 8.19. The Bertz CT molecular complexity index is 493. The quantitative estimate of drug-likeness (QED) is 0.807. The van der Waals surface area contributed by atoms with Crippen LogP contribution in [0.15, 0.2) is 30.0 Å². The van der Waals surface area contributed by atoms with Crippen molar-refractivity contribution < 1.29 is 19.1 Å². The number of rotatable bonds is 3. The van der Waals surface area contributed by atoms with E-state index in [2.05, 4.69) is 0 Å². The van der Waals surface area contributed by atoms with Crippen molar-refractivity contribution in [2.75, 3.05) is 6.61 Å². The van der Waals surface area contributed by atoms with Gasteiger partial charge in [0.2, 0.25) is 0 Å². The van der Waals surface area contributed by atoms with Crippen LogP contribution in [0.3, 0.4) is 0 Å². The van der Waals surface area contributed by atoms with Gasteiger partial charge in [0.1, 0.15) is 5.75 Å². The lowest BCUT2D eigenvalue weighted by Crippen LogP contribution is -2.18. The van der Waals surface area contributed by atoms with Gasteiger partial charge in [-0.15, -0.1) is 0 Å². The highest BCUT2D eigenvalue weighted by Gasteiger charge is 2.25. The molecule has 5 nitrogen and oxygen atoms in total. The summed E-state index contributed by atoms with van der Waals surface area (Å²) >= 11 is 0. The molecule has 1 heterocycles. The summed E-state index contributed by atoms with van der Waals surface area (Å²) in [6.07, 6.45) is 0.741. The second-order valence-electron chi connectivity index (χ2n) is 3.36. The Labute approximate surface area is 98.0 Å². The number of amides is 2. The molecule has 0 bridgehead atoms. The number of benzene rings is 1. The minimum absolute atomic E-state index is 0.0105. The summed E-state index contributed by atoms with van der Waals surface area (Å²) in [7, 11) is 0. The summed E-state index contributed by atoms with van der Waals surface area (Å²) in [6, 6.07) is 7.16. The fourth-order valence-corrected chi connectivity index (χ4v) is 1.43. The molecule has 0 radical (unpaired) electrons. The van der Waals surface area contributed by atoms with Gasteiger partial charge in [-0.25, -0.2) is 4.79 Å². The lowest BCUT2D eigenvalue weighted by molar-refractivity contribution is -0.116. The van der Waals surface area contributed by atoms with Crippen molar-refractivity contribution in [3.05, 3.63) is 35.6 Å². The van der Waals surface area contributed by atoms with Gasteiger partial charge < -0.3 is 9.47 Å². The maximum absolute atomic E-state index is 11.2. The van der Waals surface area contributed by atoms with Crippen molar-refractivity contribution in [1.29, 1.82) is 0 Å². The van der Waals surface area contributed by atoms with E-state index < -0.39 is 12.0 Å².